The summed E-state index contributed by atoms with van der Waals surface area (Å²) in [4.78, 5) is 12.5. The minimum absolute atomic E-state index is 0.0530. The van der Waals surface area contributed by atoms with Crippen molar-refractivity contribution in [1.82, 2.24) is 4.90 Å². The first-order valence-electron chi connectivity index (χ1n) is 3.47. The molecule has 3 nitrogen and oxygen atoms in total. The lowest BCUT2D eigenvalue weighted by atomic mass is 10.4. The lowest BCUT2D eigenvalue weighted by Gasteiger charge is -2.11. The molecule has 0 N–H and O–H groups in total. The van der Waals surface area contributed by atoms with Gasteiger partial charge in [-0.3, -0.25) is 4.79 Å². The summed E-state index contributed by atoms with van der Waals surface area (Å²) in [6.07, 6.45) is 3.56. The molecule has 1 amide bonds. The largest absolute Gasteiger partial charge is 0.341 e. The van der Waals surface area contributed by atoms with Crippen molar-refractivity contribution in [2.24, 2.45) is 0 Å². The zero-order chi connectivity index (χ0) is 8.69. The number of carbonyl (C=O) groups is 1. The van der Waals surface area contributed by atoms with Crippen LogP contribution in [0.25, 0.3) is 0 Å². The first-order chi connectivity index (χ1) is 5.22. The van der Waals surface area contributed by atoms with Crippen molar-refractivity contribution in [2.45, 2.75) is 13.3 Å². The summed E-state index contributed by atoms with van der Waals surface area (Å²) >= 11 is 0. The predicted octanol–water partition coefficient (Wildman–Crippen LogP) is 0.935. The minimum Gasteiger partial charge on any atom is -0.341 e. The molecule has 0 spiro atoms. The van der Waals surface area contributed by atoms with Crippen LogP contribution in [0.4, 0.5) is 0 Å². The fourth-order valence-corrected chi connectivity index (χ4v) is 0.598. The summed E-state index contributed by atoms with van der Waals surface area (Å²) < 4.78 is 0. The van der Waals surface area contributed by atoms with Gasteiger partial charge in [0.1, 0.15) is 0 Å². The zero-order valence-corrected chi connectivity index (χ0v) is 6.87. The second-order valence-corrected chi connectivity index (χ2v) is 2.17. The maximum absolute atomic E-state index is 11.0. The fourth-order valence-electron chi connectivity index (χ4n) is 0.598. The van der Waals surface area contributed by atoms with Crippen molar-refractivity contribution < 1.29 is 4.79 Å². The standard InChI is InChI=1S/C8H12N2O/c1-3-5-8(11)10(2)7-4-6-9/h3,5H,4,7H2,1-2H3. The molecule has 3 heteroatoms. The molecule has 0 bridgehead atoms. The average Bonchev–Trinajstić information content (AvgIpc) is 2.00. The van der Waals surface area contributed by atoms with Gasteiger partial charge in [-0.15, -0.1) is 0 Å². The van der Waals surface area contributed by atoms with Crippen LogP contribution in [0.1, 0.15) is 13.3 Å². The highest BCUT2D eigenvalue weighted by Gasteiger charge is 2.01. The molecule has 11 heavy (non-hydrogen) atoms. The van der Waals surface area contributed by atoms with Crippen molar-refractivity contribution in [1.29, 1.82) is 5.26 Å². The number of nitrogens with zero attached hydrogens (tertiary/aromatic N) is 2. The molecule has 0 rings (SSSR count). The van der Waals surface area contributed by atoms with Crippen LogP contribution in [-0.4, -0.2) is 24.4 Å². The third-order valence-corrected chi connectivity index (χ3v) is 1.24. The van der Waals surface area contributed by atoms with Crippen LogP contribution >= 0.6 is 0 Å². The van der Waals surface area contributed by atoms with Crippen LogP contribution in [0, 0.1) is 11.3 Å². The zero-order valence-electron chi connectivity index (χ0n) is 6.87. The highest BCUT2D eigenvalue weighted by atomic mass is 16.2. The molecule has 0 aromatic rings. The molecular weight excluding hydrogens is 140 g/mol. The number of hydrogen-bond acceptors (Lipinski definition) is 2. The molecule has 60 valence electrons. The molecular formula is C8H12N2O. The molecule has 0 aliphatic rings. The molecule has 0 saturated heterocycles. The Kier molecular flexibility index (Phi) is 4.83. The Bertz CT molecular complexity index is 191. The van der Waals surface area contributed by atoms with E-state index in [0.29, 0.717) is 13.0 Å². The van der Waals surface area contributed by atoms with Gasteiger partial charge in [-0.25, -0.2) is 0 Å². The van der Waals surface area contributed by atoms with E-state index in [1.807, 2.05) is 6.07 Å². The second kappa shape index (κ2) is 5.48. The smallest absolute Gasteiger partial charge is 0.245 e. The van der Waals surface area contributed by atoms with E-state index in [-0.39, 0.29) is 5.91 Å². The van der Waals surface area contributed by atoms with E-state index in [1.54, 1.807) is 20.0 Å². The number of rotatable bonds is 3. The van der Waals surface area contributed by atoms with Gasteiger partial charge < -0.3 is 4.90 Å². The van der Waals surface area contributed by atoms with Crippen LogP contribution < -0.4 is 0 Å². The van der Waals surface area contributed by atoms with E-state index in [2.05, 4.69) is 0 Å². The fraction of sp³-hybridized carbons (Fsp3) is 0.500. The van der Waals surface area contributed by atoms with Crippen molar-refractivity contribution in [2.75, 3.05) is 13.6 Å². The average molecular weight is 152 g/mol. The first kappa shape index (κ1) is 9.70. The summed E-state index contributed by atoms with van der Waals surface area (Å²) in [5.74, 6) is -0.0530. The third-order valence-electron chi connectivity index (χ3n) is 1.24. The van der Waals surface area contributed by atoms with Gasteiger partial charge in [0.25, 0.3) is 0 Å². The van der Waals surface area contributed by atoms with Crippen LogP contribution in [0.3, 0.4) is 0 Å². The first-order valence-corrected chi connectivity index (χ1v) is 3.47. The highest BCUT2D eigenvalue weighted by Crippen LogP contribution is 1.88. The molecule has 0 aromatic carbocycles. The van der Waals surface area contributed by atoms with E-state index >= 15 is 0 Å². The van der Waals surface area contributed by atoms with Crippen molar-refractivity contribution >= 4 is 5.91 Å². The number of nitriles is 1. The van der Waals surface area contributed by atoms with E-state index < -0.39 is 0 Å². The lowest BCUT2D eigenvalue weighted by molar-refractivity contribution is -0.124. The highest BCUT2D eigenvalue weighted by molar-refractivity contribution is 5.87. The molecule has 0 fully saturated rings. The second-order valence-electron chi connectivity index (χ2n) is 2.17. The Morgan fingerprint density at radius 3 is 2.82 bits per heavy atom. The quantitative estimate of drug-likeness (QED) is 0.565. The molecule has 0 aromatic heterocycles. The molecule has 0 saturated carbocycles. The van der Waals surface area contributed by atoms with E-state index in [9.17, 15) is 4.79 Å². The van der Waals surface area contributed by atoms with Crippen molar-refractivity contribution in [3.05, 3.63) is 12.2 Å². The maximum atomic E-state index is 11.0. The summed E-state index contributed by atoms with van der Waals surface area (Å²) in [5, 5.41) is 8.22. The molecule has 0 aliphatic carbocycles. The van der Waals surface area contributed by atoms with Gasteiger partial charge in [0.05, 0.1) is 12.5 Å². The number of amides is 1. The summed E-state index contributed by atoms with van der Waals surface area (Å²) in [6.45, 7) is 2.29. The minimum atomic E-state index is -0.0530. The van der Waals surface area contributed by atoms with Crippen molar-refractivity contribution in [3.63, 3.8) is 0 Å². The number of allylic oxidation sites excluding steroid dienone is 1. The SMILES string of the molecule is CC=CC(=O)N(C)CCC#N. The number of carbonyl (C=O) groups excluding carboxylic acids is 1. The Balaban J connectivity index is 3.75. The summed E-state index contributed by atoms with van der Waals surface area (Å²) in [5.41, 5.74) is 0. The molecule has 0 heterocycles. The van der Waals surface area contributed by atoms with Crippen LogP contribution in [-0.2, 0) is 4.79 Å². The van der Waals surface area contributed by atoms with Crippen LogP contribution in [0.15, 0.2) is 12.2 Å². The topological polar surface area (TPSA) is 44.1 Å². The number of likely N-dealkylation sites (N-methyl/N-ethyl adjacent to an activating group) is 1. The van der Waals surface area contributed by atoms with E-state index in [0.717, 1.165) is 0 Å². The maximum Gasteiger partial charge on any atom is 0.245 e. The molecule has 0 radical (unpaired) electrons. The Morgan fingerprint density at radius 2 is 2.36 bits per heavy atom. The summed E-state index contributed by atoms with van der Waals surface area (Å²) in [7, 11) is 1.68. The predicted molar refractivity (Wildman–Crippen MR) is 42.7 cm³/mol. The summed E-state index contributed by atoms with van der Waals surface area (Å²) in [6, 6.07) is 1.98. The number of hydrogen-bond donors (Lipinski definition) is 0. The van der Waals surface area contributed by atoms with Gasteiger partial charge in [-0.1, -0.05) is 6.08 Å². The van der Waals surface area contributed by atoms with Crippen LogP contribution in [0.2, 0.25) is 0 Å². The van der Waals surface area contributed by atoms with Gasteiger partial charge in [0, 0.05) is 13.6 Å². The van der Waals surface area contributed by atoms with Gasteiger partial charge in [0.15, 0.2) is 0 Å². The Morgan fingerprint density at radius 1 is 1.73 bits per heavy atom. The van der Waals surface area contributed by atoms with Gasteiger partial charge in [-0.2, -0.15) is 5.26 Å². The Labute approximate surface area is 66.9 Å². The lowest BCUT2D eigenvalue weighted by Crippen LogP contribution is -2.25. The van der Waals surface area contributed by atoms with Gasteiger partial charge >= 0.3 is 0 Å². The van der Waals surface area contributed by atoms with Crippen molar-refractivity contribution in [3.8, 4) is 6.07 Å². The van der Waals surface area contributed by atoms with Gasteiger partial charge in [-0.05, 0) is 13.0 Å². The van der Waals surface area contributed by atoms with E-state index in [4.69, 9.17) is 5.26 Å². The molecule has 0 atom stereocenters. The molecule has 0 aliphatic heterocycles. The Hall–Kier alpha value is -1.30. The monoisotopic (exact) mass is 152 g/mol. The molecule has 0 unspecified atom stereocenters. The normalized spacial score (nSPS) is 9.55. The van der Waals surface area contributed by atoms with E-state index in [1.165, 1.54) is 11.0 Å². The third kappa shape index (κ3) is 4.15. The van der Waals surface area contributed by atoms with Crippen LogP contribution in [0.5, 0.6) is 0 Å². The van der Waals surface area contributed by atoms with Gasteiger partial charge in [0.2, 0.25) is 5.91 Å².